The van der Waals surface area contributed by atoms with Gasteiger partial charge in [-0.3, -0.25) is 14.2 Å². The van der Waals surface area contributed by atoms with E-state index in [1.54, 1.807) is 54.6 Å². The van der Waals surface area contributed by atoms with Crippen LogP contribution in [0.25, 0.3) is 12.2 Å². The molecule has 0 fully saturated rings. The number of carbonyl (C=O) groups excluding carboxylic acids is 1. The summed E-state index contributed by atoms with van der Waals surface area (Å²) in [4.78, 5) is 25.2. The maximum Gasteiger partial charge on any atom is 0.269 e. The summed E-state index contributed by atoms with van der Waals surface area (Å²) in [5.41, 5.74) is 1.05. The second kappa shape index (κ2) is 7.96. The van der Waals surface area contributed by atoms with Crippen LogP contribution in [0.1, 0.15) is 15.9 Å². The minimum absolute atomic E-state index is 0.110. The fourth-order valence-electron chi connectivity index (χ4n) is 2.42. The van der Waals surface area contributed by atoms with Crippen LogP contribution in [0.3, 0.4) is 0 Å². The van der Waals surface area contributed by atoms with Gasteiger partial charge in [-0.1, -0.05) is 54.1 Å². The third-order valence-electron chi connectivity index (χ3n) is 3.69. The first-order valence-electron chi connectivity index (χ1n) is 7.73. The van der Waals surface area contributed by atoms with E-state index in [0.29, 0.717) is 19.8 Å². The van der Waals surface area contributed by atoms with Crippen LogP contribution in [0.5, 0.6) is 0 Å². The molecule has 0 aliphatic heterocycles. The van der Waals surface area contributed by atoms with Gasteiger partial charge < -0.3 is 0 Å². The van der Waals surface area contributed by atoms with Gasteiger partial charge in [0.05, 0.1) is 17.1 Å². The second-order valence-electron chi connectivity index (χ2n) is 5.45. The van der Waals surface area contributed by atoms with E-state index in [2.05, 4.69) is 0 Å². The van der Waals surface area contributed by atoms with Crippen LogP contribution < -0.4 is 14.8 Å². The molecule has 0 bridgehead atoms. The molecule has 128 valence electrons. The highest BCUT2D eigenvalue weighted by Crippen LogP contribution is 2.09. The zero-order chi connectivity index (χ0) is 18.5. The van der Waals surface area contributed by atoms with Crippen LogP contribution in [-0.2, 0) is 6.54 Å². The Morgan fingerprint density at radius 2 is 1.85 bits per heavy atom. The highest BCUT2D eigenvalue weighted by Gasteiger charge is 2.11. The first-order valence-corrected chi connectivity index (χ1v) is 8.93. The number of nitrogens with zero attached hydrogens (tertiary/aromatic N) is 2. The average Bonchev–Trinajstić information content (AvgIpc) is 2.93. The Morgan fingerprint density at radius 3 is 2.50 bits per heavy atom. The molecule has 26 heavy (non-hydrogen) atoms. The monoisotopic (exact) mass is 380 g/mol. The third-order valence-corrected chi connectivity index (χ3v) is 5.00. The summed E-state index contributed by atoms with van der Waals surface area (Å²) in [5.74, 6) is -0.184. The van der Waals surface area contributed by atoms with Crippen molar-refractivity contribution in [1.82, 2.24) is 4.57 Å². The van der Waals surface area contributed by atoms with Gasteiger partial charge in [-0.15, -0.1) is 11.3 Å². The molecule has 2 aromatic carbocycles. The van der Waals surface area contributed by atoms with E-state index in [4.69, 9.17) is 16.9 Å². The largest absolute Gasteiger partial charge is 0.292 e. The van der Waals surface area contributed by atoms with Gasteiger partial charge in [0.2, 0.25) is 0 Å². The van der Waals surface area contributed by atoms with Crippen LogP contribution in [0, 0.1) is 11.3 Å². The number of nitriles is 1. The number of aromatic nitrogens is 1. The average molecular weight is 381 g/mol. The van der Waals surface area contributed by atoms with Gasteiger partial charge in [0.15, 0.2) is 5.78 Å². The lowest BCUT2D eigenvalue weighted by molar-refractivity contribution is 0.0970. The zero-order valence-corrected chi connectivity index (χ0v) is 15.1. The minimum atomic E-state index is -0.296. The molecule has 1 heterocycles. The summed E-state index contributed by atoms with van der Waals surface area (Å²) in [5, 5.41) is 9.60. The summed E-state index contributed by atoms with van der Waals surface area (Å²) in [6, 6.07) is 17.8. The molecule has 0 unspecified atom stereocenters. The first-order chi connectivity index (χ1) is 12.6. The van der Waals surface area contributed by atoms with Gasteiger partial charge in [-0.2, -0.15) is 5.26 Å². The molecular formula is C20H13ClN2O2S. The Balaban J connectivity index is 2.06. The van der Waals surface area contributed by atoms with Crippen molar-refractivity contribution in [1.29, 1.82) is 5.26 Å². The molecular weight excluding hydrogens is 368 g/mol. The van der Waals surface area contributed by atoms with Crippen LogP contribution in [0.15, 0.2) is 59.4 Å². The Kier molecular flexibility index (Phi) is 5.47. The summed E-state index contributed by atoms with van der Waals surface area (Å²) in [6.07, 6.45) is 3.01. The lowest BCUT2D eigenvalue weighted by Gasteiger charge is -2.01. The molecule has 0 N–H and O–H groups in total. The van der Waals surface area contributed by atoms with E-state index in [9.17, 15) is 9.59 Å². The lowest BCUT2D eigenvalue weighted by atomic mass is 10.1. The Bertz CT molecular complexity index is 1150. The van der Waals surface area contributed by atoms with Gasteiger partial charge in [-0.25, -0.2) is 0 Å². The number of halogens is 1. The van der Waals surface area contributed by atoms with Crippen molar-refractivity contribution in [2.24, 2.45) is 0 Å². The zero-order valence-electron chi connectivity index (χ0n) is 13.6. The summed E-state index contributed by atoms with van der Waals surface area (Å²) in [6.45, 7) is -0.110. The molecule has 0 aliphatic carbocycles. The standard InChI is InChI=1S/C20H13ClN2O2S/c21-16-8-6-14(7-9-16)12-18-20(25)23(19(26-18)10-11-22)13-17(24)15-4-2-1-3-5-15/h1-10,12H,13H2. The molecule has 0 amide bonds. The van der Waals surface area contributed by atoms with Crippen molar-refractivity contribution in [2.45, 2.75) is 6.54 Å². The SMILES string of the molecule is N#CC=c1sc(=Cc2ccc(Cl)cc2)c(=O)n1CC(=O)c1ccccc1. The maximum atomic E-state index is 12.7. The van der Waals surface area contributed by atoms with Crippen LogP contribution in [-0.4, -0.2) is 10.4 Å². The molecule has 6 heteroatoms. The number of rotatable bonds is 4. The fraction of sp³-hybridized carbons (Fsp3) is 0.0500. The van der Waals surface area contributed by atoms with Gasteiger partial charge in [0, 0.05) is 16.7 Å². The van der Waals surface area contributed by atoms with Gasteiger partial charge in [0.1, 0.15) is 4.66 Å². The van der Waals surface area contributed by atoms with Crippen LogP contribution in [0.2, 0.25) is 5.02 Å². The quantitative estimate of drug-likeness (QED) is 0.653. The van der Waals surface area contributed by atoms with E-state index in [-0.39, 0.29) is 17.9 Å². The molecule has 0 saturated heterocycles. The normalized spacial score (nSPS) is 12.2. The van der Waals surface area contributed by atoms with E-state index in [1.165, 1.54) is 22.0 Å². The van der Waals surface area contributed by atoms with Crippen molar-refractivity contribution in [3.05, 3.63) is 90.3 Å². The topological polar surface area (TPSA) is 62.9 Å². The molecule has 1 aromatic heterocycles. The van der Waals surface area contributed by atoms with Gasteiger partial charge in [0.25, 0.3) is 5.56 Å². The number of ketones is 1. The van der Waals surface area contributed by atoms with Crippen molar-refractivity contribution in [3.8, 4) is 6.07 Å². The molecule has 0 atom stereocenters. The highest BCUT2D eigenvalue weighted by molar-refractivity contribution is 7.07. The number of hydrogen-bond acceptors (Lipinski definition) is 4. The van der Waals surface area contributed by atoms with Crippen molar-refractivity contribution >= 4 is 40.9 Å². The number of thiazole rings is 1. The Morgan fingerprint density at radius 1 is 1.15 bits per heavy atom. The van der Waals surface area contributed by atoms with Gasteiger partial charge in [-0.05, 0) is 23.8 Å². The Labute approximate surface area is 158 Å². The van der Waals surface area contributed by atoms with E-state index in [1.807, 2.05) is 12.1 Å². The first kappa shape index (κ1) is 17.9. The number of Topliss-reactive ketones (excluding diaryl/α,β-unsaturated/α-hetero) is 1. The van der Waals surface area contributed by atoms with Gasteiger partial charge >= 0.3 is 0 Å². The molecule has 0 aliphatic rings. The second-order valence-corrected chi connectivity index (χ2v) is 6.95. The lowest BCUT2D eigenvalue weighted by Crippen LogP contribution is -2.34. The minimum Gasteiger partial charge on any atom is -0.292 e. The predicted octanol–water partition coefficient (Wildman–Crippen LogP) is 2.58. The number of hydrogen-bond donors (Lipinski definition) is 0. The van der Waals surface area contributed by atoms with E-state index in [0.717, 1.165) is 5.56 Å². The molecule has 0 spiro atoms. The molecule has 0 saturated carbocycles. The summed E-state index contributed by atoms with van der Waals surface area (Å²) in [7, 11) is 0. The molecule has 3 aromatic rings. The van der Waals surface area contributed by atoms with Crippen LogP contribution in [0.4, 0.5) is 0 Å². The Hall–Kier alpha value is -2.94. The maximum absolute atomic E-state index is 12.7. The molecule has 3 rings (SSSR count). The summed E-state index contributed by atoms with van der Waals surface area (Å²) >= 11 is 7.05. The third kappa shape index (κ3) is 3.99. The fourth-order valence-corrected chi connectivity index (χ4v) is 3.53. The highest BCUT2D eigenvalue weighted by atomic mass is 35.5. The smallest absolute Gasteiger partial charge is 0.269 e. The number of benzene rings is 2. The van der Waals surface area contributed by atoms with Crippen molar-refractivity contribution < 1.29 is 4.79 Å². The van der Waals surface area contributed by atoms with Crippen molar-refractivity contribution in [3.63, 3.8) is 0 Å². The van der Waals surface area contributed by atoms with Crippen molar-refractivity contribution in [2.75, 3.05) is 0 Å². The van der Waals surface area contributed by atoms with E-state index >= 15 is 0 Å². The van der Waals surface area contributed by atoms with Crippen LogP contribution >= 0.6 is 22.9 Å². The predicted molar refractivity (Wildman–Crippen MR) is 104 cm³/mol. The summed E-state index contributed by atoms with van der Waals surface area (Å²) < 4.78 is 2.24. The van der Waals surface area contributed by atoms with E-state index < -0.39 is 0 Å². The molecule has 4 nitrogen and oxygen atoms in total. The number of carbonyl (C=O) groups is 1. The molecule has 0 radical (unpaired) electrons.